The topological polar surface area (TPSA) is 37.3 Å². The van der Waals surface area contributed by atoms with Gasteiger partial charge in [-0.1, -0.05) is 12.2 Å². The molecule has 0 saturated carbocycles. The summed E-state index contributed by atoms with van der Waals surface area (Å²) in [5.41, 5.74) is 2.12. The Kier molecular flexibility index (Phi) is 1.75. The normalized spacial score (nSPS) is 16.8. The monoisotopic (exact) mass is 195 g/mol. The Labute approximate surface area is 87.6 Å². The maximum absolute atomic E-state index is 4.47. The number of nitrogens with zero attached hydrogens (tertiary/aromatic N) is 2. The lowest BCUT2D eigenvalue weighted by atomic mass is 10.1. The number of fused-ring (bicyclic) bond motifs is 2. The highest BCUT2D eigenvalue weighted by Gasteiger charge is 2.10. The van der Waals surface area contributed by atoms with Crippen molar-refractivity contribution in [3.8, 4) is 0 Å². The largest absolute Gasteiger partial charge is 0.346 e. The van der Waals surface area contributed by atoms with Crippen LogP contribution in [0, 0.1) is 0 Å². The van der Waals surface area contributed by atoms with Crippen molar-refractivity contribution in [2.75, 3.05) is 0 Å². The van der Waals surface area contributed by atoms with E-state index in [1.807, 2.05) is 42.6 Å². The van der Waals surface area contributed by atoms with Gasteiger partial charge in [0.2, 0.25) is 0 Å². The van der Waals surface area contributed by atoms with Crippen LogP contribution in [0.2, 0.25) is 0 Å². The van der Waals surface area contributed by atoms with E-state index in [9.17, 15) is 0 Å². The minimum Gasteiger partial charge on any atom is -0.346 e. The van der Waals surface area contributed by atoms with Crippen molar-refractivity contribution in [2.45, 2.75) is 0 Å². The molecule has 2 aliphatic heterocycles. The van der Waals surface area contributed by atoms with Crippen LogP contribution in [-0.2, 0) is 0 Å². The molecule has 0 spiro atoms. The number of dihydropyridines is 1. The first-order valence-electron chi connectivity index (χ1n) is 4.79. The molecule has 0 aliphatic carbocycles. The fourth-order valence-electron chi connectivity index (χ4n) is 1.59. The molecule has 1 aromatic rings. The molecule has 3 heterocycles. The maximum atomic E-state index is 4.47. The van der Waals surface area contributed by atoms with Gasteiger partial charge in [0.1, 0.15) is 5.84 Å². The second kappa shape index (κ2) is 3.20. The molecule has 0 saturated heterocycles. The van der Waals surface area contributed by atoms with Crippen LogP contribution in [0.1, 0.15) is 5.56 Å². The number of nitrogens with one attached hydrogen (secondary N) is 1. The molecule has 0 amide bonds. The molecule has 0 unspecified atom stereocenters. The van der Waals surface area contributed by atoms with Gasteiger partial charge in [0, 0.05) is 23.5 Å². The van der Waals surface area contributed by atoms with E-state index in [0.717, 1.165) is 22.8 Å². The second-order valence-corrected chi connectivity index (χ2v) is 3.34. The number of hydrogen-bond acceptors (Lipinski definition) is 3. The zero-order valence-electron chi connectivity index (χ0n) is 8.01. The molecular formula is C12H9N3. The van der Waals surface area contributed by atoms with Crippen LogP contribution in [0.25, 0.3) is 6.08 Å². The Hall–Kier alpha value is -2.16. The fourth-order valence-corrected chi connectivity index (χ4v) is 1.59. The minimum absolute atomic E-state index is 0.759. The van der Waals surface area contributed by atoms with Crippen molar-refractivity contribution in [2.24, 2.45) is 4.99 Å². The van der Waals surface area contributed by atoms with E-state index in [0.29, 0.717) is 0 Å². The Morgan fingerprint density at radius 2 is 2.20 bits per heavy atom. The van der Waals surface area contributed by atoms with Crippen LogP contribution < -0.4 is 5.32 Å². The predicted molar refractivity (Wildman–Crippen MR) is 60.7 cm³/mol. The van der Waals surface area contributed by atoms with Gasteiger partial charge in [-0.3, -0.25) is 0 Å². The lowest BCUT2D eigenvalue weighted by Crippen LogP contribution is -2.20. The molecule has 1 aromatic heterocycles. The van der Waals surface area contributed by atoms with E-state index in [4.69, 9.17) is 0 Å². The lowest BCUT2D eigenvalue weighted by Gasteiger charge is -2.08. The van der Waals surface area contributed by atoms with Crippen LogP contribution in [0.15, 0.2) is 53.3 Å². The van der Waals surface area contributed by atoms with Crippen molar-refractivity contribution in [3.05, 3.63) is 53.9 Å². The van der Waals surface area contributed by atoms with Gasteiger partial charge in [0.25, 0.3) is 0 Å². The van der Waals surface area contributed by atoms with E-state index in [-0.39, 0.29) is 0 Å². The molecule has 0 bridgehead atoms. The van der Waals surface area contributed by atoms with Gasteiger partial charge in [-0.2, -0.15) is 0 Å². The third-order valence-electron chi connectivity index (χ3n) is 2.34. The van der Waals surface area contributed by atoms with Crippen LogP contribution in [0.3, 0.4) is 0 Å². The molecule has 3 heteroatoms. The van der Waals surface area contributed by atoms with E-state index < -0.39 is 0 Å². The van der Waals surface area contributed by atoms with Crippen molar-refractivity contribution in [1.82, 2.24) is 10.3 Å². The molecule has 0 radical (unpaired) electrons. The number of aromatic nitrogens is 1. The fraction of sp³-hybridized carbons (Fsp3) is 0. The first-order valence-corrected chi connectivity index (χ1v) is 4.79. The number of rotatable bonds is 0. The summed E-state index contributed by atoms with van der Waals surface area (Å²) in [5.74, 6) is 1.61. The smallest absolute Gasteiger partial charge is 0.161 e. The summed E-state index contributed by atoms with van der Waals surface area (Å²) < 4.78 is 0. The van der Waals surface area contributed by atoms with Crippen LogP contribution in [-0.4, -0.2) is 10.8 Å². The molecule has 72 valence electrons. The summed E-state index contributed by atoms with van der Waals surface area (Å²) in [6.07, 6.45) is 11.7. The minimum atomic E-state index is 0.759. The summed E-state index contributed by atoms with van der Waals surface area (Å²) in [6.45, 7) is 0. The highest BCUT2D eigenvalue weighted by Crippen LogP contribution is 2.22. The van der Waals surface area contributed by atoms with Gasteiger partial charge in [-0.25, -0.2) is 9.98 Å². The van der Waals surface area contributed by atoms with E-state index in [1.54, 1.807) is 6.20 Å². The maximum Gasteiger partial charge on any atom is 0.161 e. The molecule has 3 rings (SSSR count). The summed E-state index contributed by atoms with van der Waals surface area (Å²) in [7, 11) is 0. The van der Waals surface area contributed by atoms with Crippen molar-refractivity contribution >= 4 is 17.7 Å². The first-order chi connectivity index (χ1) is 7.43. The molecule has 3 nitrogen and oxygen atoms in total. The third-order valence-corrected chi connectivity index (χ3v) is 2.34. The Bertz CT molecular complexity index is 521. The summed E-state index contributed by atoms with van der Waals surface area (Å²) in [6, 6.07) is 3.92. The highest BCUT2D eigenvalue weighted by molar-refractivity contribution is 6.05. The van der Waals surface area contributed by atoms with Gasteiger partial charge in [0.15, 0.2) is 5.82 Å². The zero-order chi connectivity index (χ0) is 10.1. The quantitative estimate of drug-likeness (QED) is 0.689. The van der Waals surface area contributed by atoms with Gasteiger partial charge in [0.05, 0.1) is 0 Å². The van der Waals surface area contributed by atoms with Gasteiger partial charge < -0.3 is 5.32 Å². The Morgan fingerprint density at radius 1 is 1.20 bits per heavy atom. The Morgan fingerprint density at radius 3 is 3.20 bits per heavy atom. The molecule has 0 atom stereocenters. The van der Waals surface area contributed by atoms with E-state index >= 15 is 0 Å². The van der Waals surface area contributed by atoms with Crippen molar-refractivity contribution < 1.29 is 0 Å². The summed E-state index contributed by atoms with van der Waals surface area (Å²) in [4.78, 5) is 8.71. The molecule has 0 fully saturated rings. The summed E-state index contributed by atoms with van der Waals surface area (Å²) in [5, 5.41) is 3.11. The van der Waals surface area contributed by atoms with E-state index in [1.165, 1.54) is 0 Å². The van der Waals surface area contributed by atoms with Crippen molar-refractivity contribution in [1.29, 1.82) is 0 Å². The number of amidine groups is 1. The van der Waals surface area contributed by atoms with Crippen LogP contribution >= 0.6 is 0 Å². The van der Waals surface area contributed by atoms with Gasteiger partial charge in [-0.05, 0) is 24.3 Å². The molecule has 0 aromatic carbocycles. The molecule has 2 aliphatic rings. The van der Waals surface area contributed by atoms with Gasteiger partial charge in [-0.15, -0.1) is 0 Å². The number of pyridine rings is 1. The van der Waals surface area contributed by atoms with Crippen LogP contribution in [0.4, 0.5) is 5.82 Å². The first kappa shape index (κ1) is 8.17. The standard InChI is InChI=1S/C12H9N3/c1-3-9-5-6-10-4-2-8-14-12(10)15-11(9)13-7-1/h1-8H,(H,13,14,15). The van der Waals surface area contributed by atoms with Crippen LogP contribution in [0.5, 0.6) is 0 Å². The van der Waals surface area contributed by atoms with E-state index in [2.05, 4.69) is 15.3 Å². The number of hydrogen-bond donors (Lipinski definition) is 1. The zero-order valence-corrected chi connectivity index (χ0v) is 8.01. The Balaban J connectivity index is 2.20. The lowest BCUT2D eigenvalue weighted by molar-refractivity contribution is 1.20. The average Bonchev–Trinajstić information content (AvgIpc) is 2.48. The summed E-state index contributed by atoms with van der Waals surface area (Å²) >= 11 is 0. The third kappa shape index (κ3) is 1.38. The second-order valence-electron chi connectivity index (χ2n) is 3.34. The highest BCUT2D eigenvalue weighted by atomic mass is 15.0. The average molecular weight is 195 g/mol. The van der Waals surface area contributed by atoms with Crippen molar-refractivity contribution in [3.63, 3.8) is 0 Å². The molecule has 15 heavy (non-hydrogen) atoms. The number of allylic oxidation sites excluding steroid dienone is 2. The van der Waals surface area contributed by atoms with Gasteiger partial charge >= 0.3 is 0 Å². The SMILES string of the molecule is C1=CNC2=Nc3ncccc3C=CC2=C1. The molecule has 1 N–H and O–H groups in total. The molecular weight excluding hydrogens is 186 g/mol. The number of aliphatic imine (C=N–C) groups is 1. The predicted octanol–water partition coefficient (Wildman–Crippen LogP) is 2.18.